The van der Waals surface area contributed by atoms with Crippen molar-refractivity contribution in [2.75, 3.05) is 25.5 Å². The van der Waals surface area contributed by atoms with Crippen molar-refractivity contribution in [3.63, 3.8) is 0 Å². The number of thiocarbonyl (C=S) groups is 1. The Kier molecular flexibility index (Phi) is 6.11. The van der Waals surface area contributed by atoms with Crippen LogP contribution in [-0.4, -0.2) is 36.2 Å². The number of aryl methyl sites for hydroxylation is 1. The average Bonchev–Trinajstić information content (AvgIpc) is 2.82. The minimum absolute atomic E-state index is 0.240. The molecule has 1 saturated heterocycles. The van der Waals surface area contributed by atoms with Crippen LogP contribution in [0.1, 0.15) is 65.7 Å². The molecular formula is C18H26N2O2S2. The third kappa shape index (κ3) is 3.91. The number of likely N-dealkylation sites (tertiary alicyclic amines) is 1. The number of hydrogen-bond acceptors (Lipinski definition) is 4. The molecule has 0 spiro atoms. The first-order chi connectivity index (χ1) is 11.7. The lowest BCUT2D eigenvalue weighted by atomic mass is 10.1. The molecule has 2 aliphatic rings. The molecule has 2 heterocycles. The summed E-state index contributed by atoms with van der Waals surface area (Å²) in [5.74, 6) is -0.240. The van der Waals surface area contributed by atoms with Crippen LogP contribution in [0.4, 0.5) is 5.00 Å². The summed E-state index contributed by atoms with van der Waals surface area (Å²) < 4.78 is 5.06. The SMILES string of the molecule is COC(=O)c1c(NC(=S)N2CCCCCC2)sc2c1CCCCC2. The summed E-state index contributed by atoms with van der Waals surface area (Å²) in [6.07, 6.45) is 10.5. The van der Waals surface area contributed by atoms with E-state index in [0.717, 1.165) is 48.0 Å². The largest absolute Gasteiger partial charge is 0.465 e. The van der Waals surface area contributed by atoms with E-state index >= 15 is 0 Å². The van der Waals surface area contributed by atoms with Crippen LogP contribution in [0.25, 0.3) is 0 Å². The van der Waals surface area contributed by atoms with Crippen molar-refractivity contribution < 1.29 is 9.53 Å². The molecule has 3 rings (SSSR count). The zero-order chi connectivity index (χ0) is 16.9. The zero-order valence-electron chi connectivity index (χ0n) is 14.4. The van der Waals surface area contributed by atoms with Gasteiger partial charge in [-0.3, -0.25) is 0 Å². The Morgan fingerprint density at radius 1 is 1.08 bits per heavy atom. The molecule has 1 aliphatic carbocycles. The van der Waals surface area contributed by atoms with E-state index in [-0.39, 0.29) is 5.97 Å². The van der Waals surface area contributed by atoms with Crippen molar-refractivity contribution in [2.45, 2.75) is 57.8 Å². The van der Waals surface area contributed by atoms with Crippen LogP contribution in [-0.2, 0) is 17.6 Å². The number of ether oxygens (including phenoxy) is 1. The molecule has 24 heavy (non-hydrogen) atoms. The fourth-order valence-corrected chi connectivity index (χ4v) is 5.22. The van der Waals surface area contributed by atoms with E-state index in [4.69, 9.17) is 17.0 Å². The normalized spacial score (nSPS) is 18.3. The highest BCUT2D eigenvalue weighted by Crippen LogP contribution is 2.38. The van der Waals surface area contributed by atoms with Gasteiger partial charge < -0.3 is 15.0 Å². The molecule has 132 valence electrons. The van der Waals surface area contributed by atoms with Crippen molar-refractivity contribution in [2.24, 2.45) is 0 Å². The topological polar surface area (TPSA) is 41.6 Å². The van der Waals surface area contributed by atoms with Crippen LogP contribution in [0, 0.1) is 0 Å². The summed E-state index contributed by atoms with van der Waals surface area (Å²) in [4.78, 5) is 16.0. The molecule has 1 aromatic rings. The number of nitrogens with one attached hydrogen (secondary N) is 1. The third-order valence-corrected chi connectivity index (χ3v) is 6.49. The Labute approximate surface area is 153 Å². The predicted octanol–water partition coefficient (Wildman–Crippen LogP) is 4.38. The molecule has 0 amide bonds. The minimum atomic E-state index is -0.240. The second-order valence-electron chi connectivity index (χ2n) is 6.59. The van der Waals surface area contributed by atoms with Gasteiger partial charge in [0.15, 0.2) is 5.11 Å². The highest BCUT2D eigenvalue weighted by Gasteiger charge is 2.26. The zero-order valence-corrected chi connectivity index (χ0v) is 16.0. The van der Waals surface area contributed by atoms with Crippen molar-refractivity contribution in [3.8, 4) is 0 Å². The molecule has 1 fully saturated rings. The quantitative estimate of drug-likeness (QED) is 0.478. The van der Waals surface area contributed by atoms with Gasteiger partial charge in [0.2, 0.25) is 0 Å². The summed E-state index contributed by atoms with van der Waals surface area (Å²) in [6, 6.07) is 0. The molecule has 0 aromatic carbocycles. The number of thiophene rings is 1. The lowest BCUT2D eigenvalue weighted by Gasteiger charge is -2.23. The number of carbonyl (C=O) groups is 1. The number of fused-ring (bicyclic) bond motifs is 1. The van der Waals surface area contributed by atoms with Gasteiger partial charge in [-0.15, -0.1) is 11.3 Å². The van der Waals surface area contributed by atoms with Crippen molar-refractivity contribution in [1.82, 2.24) is 4.90 Å². The molecule has 1 aliphatic heterocycles. The minimum Gasteiger partial charge on any atom is -0.465 e. The highest BCUT2D eigenvalue weighted by atomic mass is 32.1. The molecule has 0 bridgehead atoms. The first-order valence-corrected chi connectivity index (χ1v) is 10.2. The summed E-state index contributed by atoms with van der Waals surface area (Å²) in [5.41, 5.74) is 1.90. The van der Waals surface area contributed by atoms with Crippen LogP contribution in [0.5, 0.6) is 0 Å². The smallest absolute Gasteiger partial charge is 0.341 e. The molecule has 4 nitrogen and oxygen atoms in total. The van der Waals surface area contributed by atoms with Gasteiger partial charge in [0.05, 0.1) is 12.7 Å². The predicted molar refractivity (Wildman–Crippen MR) is 103 cm³/mol. The molecule has 1 aromatic heterocycles. The summed E-state index contributed by atoms with van der Waals surface area (Å²) in [5, 5.41) is 5.00. The van der Waals surface area contributed by atoms with Crippen LogP contribution in [0.15, 0.2) is 0 Å². The molecule has 6 heteroatoms. The Morgan fingerprint density at radius 3 is 2.46 bits per heavy atom. The van der Waals surface area contributed by atoms with Crippen molar-refractivity contribution in [1.29, 1.82) is 0 Å². The van der Waals surface area contributed by atoms with E-state index in [1.165, 1.54) is 56.1 Å². The Morgan fingerprint density at radius 2 is 1.75 bits per heavy atom. The van der Waals surface area contributed by atoms with E-state index in [1.807, 2.05) is 0 Å². The standard InChI is InChI=1S/C18H26N2O2S2/c1-22-17(21)15-13-9-5-4-6-10-14(13)24-16(15)19-18(23)20-11-7-2-3-8-12-20/h2-12H2,1H3,(H,19,23). The highest BCUT2D eigenvalue weighted by molar-refractivity contribution is 7.80. The number of anilines is 1. The van der Waals surface area contributed by atoms with Crippen molar-refractivity contribution >= 4 is 39.6 Å². The van der Waals surface area contributed by atoms with Crippen LogP contribution in [0.3, 0.4) is 0 Å². The second-order valence-corrected chi connectivity index (χ2v) is 8.08. The fourth-order valence-electron chi connectivity index (χ4n) is 3.60. The van der Waals surface area contributed by atoms with E-state index in [9.17, 15) is 4.79 Å². The number of methoxy groups -OCH3 is 1. The number of rotatable bonds is 2. The maximum absolute atomic E-state index is 12.4. The van der Waals surface area contributed by atoms with Gasteiger partial charge in [-0.2, -0.15) is 0 Å². The first-order valence-electron chi connectivity index (χ1n) is 8.99. The van der Waals surface area contributed by atoms with Gasteiger partial charge in [-0.05, 0) is 56.3 Å². The number of esters is 1. The maximum atomic E-state index is 12.4. The Hall–Kier alpha value is -1.14. The van der Waals surface area contributed by atoms with E-state index in [0.29, 0.717) is 0 Å². The van der Waals surface area contributed by atoms with Gasteiger partial charge >= 0.3 is 5.97 Å². The third-order valence-electron chi connectivity index (χ3n) is 4.92. The van der Waals surface area contributed by atoms with Gasteiger partial charge in [0.25, 0.3) is 0 Å². The fraction of sp³-hybridized carbons (Fsp3) is 0.667. The van der Waals surface area contributed by atoms with Crippen molar-refractivity contribution in [3.05, 3.63) is 16.0 Å². The number of nitrogens with zero attached hydrogens (tertiary/aromatic N) is 1. The van der Waals surface area contributed by atoms with Crippen LogP contribution < -0.4 is 5.32 Å². The molecule has 0 unspecified atom stereocenters. The molecule has 0 radical (unpaired) electrons. The summed E-state index contributed by atoms with van der Waals surface area (Å²) in [7, 11) is 1.46. The van der Waals surface area contributed by atoms with Crippen LogP contribution in [0.2, 0.25) is 0 Å². The van der Waals surface area contributed by atoms with Gasteiger partial charge in [-0.1, -0.05) is 19.3 Å². The van der Waals surface area contributed by atoms with Crippen LogP contribution >= 0.6 is 23.6 Å². The molecule has 1 N–H and O–H groups in total. The van der Waals surface area contributed by atoms with Gasteiger partial charge in [-0.25, -0.2) is 4.79 Å². The molecular weight excluding hydrogens is 340 g/mol. The van der Waals surface area contributed by atoms with Gasteiger partial charge in [0, 0.05) is 18.0 Å². The molecule has 0 saturated carbocycles. The first kappa shape index (κ1) is 17.7. The monoisotopic (exact) mass is 366 g/mol. The Balaban J connectivity index is 1.83. The number of carbonyl (C=O) groups excluding carboxylic acids is 1. The maximum Gasteiger partial charge on any atom is 0.341 e. The van der Waals surface area contributed by atoms with Gasteiger partial charge in [0.1, 0.15) is 5.00 Å². The van der Waals surface area contributed by atoms with E-state index in [1.54, 1.807) is 11.3 Å². The average molecular weight is 367 g/mol. The van der Waals surface area contributed by atoms with E-state index < -0.39 is 0 Å². The summed E-state index contributed by atoms with van der Waals surface area (Å²) >= 11 is 7.33. The molecule has 0 atom stereocenters. The second kappa shape index (κ2) is 8.30. The van der Waals surface area contributed by atoms with E-state index in [2.05, 4.69) is 10.2 Å². The summed E-state index contributed by atoms with van der Waals surface area (Å²) in [6.45, 7) is 2.01. The lowest BCUT2D eigenvalue weighted by molar-refractivity contribution is 0.0601. The lowest BCUT2D eigenvalue weighted by Crippen LogP contribution is -2.35. The Bertz CT molecular complexity index is 604. The number of hydrogen-bond donors (Lipinski definition) is 1.